The molecular formula is C10H14O2. The van der Waals surface area contributed by atoms with Crippen molar-refractivity contribution in [1.82, 2.24) is 0 Å². The van der Waals surface area contributed by atoms with Gasteiger partial charge in [-0.15, -0.1) is 0 Å². The van der Waals surface area contributed by atoms with Crippen molar-refractivity contribution in [2.24, 2.45) is 0 Å². The van der Waals surface area contributed by atoms with Gasteiger partial charge in [-0.1, -0.05) is 12.1 Å². The Morgan fingerprint density at radius 2 is 1.83 bits per heavy atom. The van der Waals surface area contributed by atoms with Gasteiger partial charge in [0, 0.05) is 0 Å². The third-order valence-electron chi connectivity index (χ3n) is 1.00. The van der Waals surface area contributed by atoms with Crippen LogP contribution in [0.5, 0.6) is 5.75 Å². The van der Waals surface area contributed by atoms with Crippen LogP contribution in [-0.4, -0.2) is 10.9 Å². The lowest BCUT2D eigenvalue weighted by Crippen LogP contribution is -1.69. The number of aryl methyl sites for hydroxylation is 1. The predicted molar refractivity (Wildman–Crippen MR) is 49.2 cm³/mol. The van der Waals surface area contributed by atoms with E-state index in [1.807, 2.05) is 19.1 Å². The molecule has 2 heteroatoms. The maximum atomic E-state index is 9.44. The number of aromatic hydroxyl groups is 1. The van der Waals surface area contributed by atoms with Crippen LogP contribution in [0.15, 0.2) is 24.3 Å². The van der Waals surface area contributed by atoms with E-state index in [9.17, 15) is 4.79 Å². The molecule has 0 bridgehead atoms. The molecule has 0 aliphatic heterocycles. The summed E-state index contributed by atoms with van der Waals surface area (Å²) in [6, 6.07) is 7.15. The molecule has 0 spiro atoms. The zero-order chi connectivity index (χ0) is 9.56. The zero-order valence-corrected chi connectivity index (χ0v) is 7.66. The topological polar surface area (TPSA) is 37.3 Å². The Balaban J connectivity index is 0.000000261. The summed E-state index contributed by atoms with van der Waals surface area (Å²) in [7, 11) is 0. The number of ketones is 1. The van der Waals surface area contributed by atoms with Gasteiger partial charge in [0.05, 0.1) is 0 Å². The molecule has 66 valence electrons. The van der Waals surface area contributed by atoms with Crippen LogP contribution in [0, 0.1) is 6.92 Å². The van der Waals surface area contributed by atoms with Gasteiger partial charge >= 0.3 is 0 Å². The third kappa shape index (κ3) is 6.81. The Morgan fingerprint density at radius 3 is 2.08 bits per heavy atom. The zero-order valence-electron chi connectivity index (χ0n) is 7.66. The first kappa shape index (κ1) is 10.7. The molecular weight excluding hydrogens is 152 g/mol. The molecule has 0 heterocycles. The molecule has 1 rings (SSSR count). The number of carbonyl (C=O) groups excluding carboxylic acids is 1. The maximum absolute atomic E-state index is 9.44. The molecule has 0 aromatic heterocycles. The smallest absolute Gasteiger partial charge is 0.126 e. The summed E-state index contributed by atoms with van der Waals surface area (Å²) in [6.45, 7) is 5.00. The van der Waals surface area contributed by atoms with Crippen LogP contribution in [0.25, 0.3) is 0 Å². The SMILES string of the molecule is CC(C)=O.Cc1cccc(O)c1. The molecule has 0 aliphatic rings. The lowest BCUT2D eigenvalue weighted by atomic mass is 10.2. The van der Waals surface area contributed by atoms with Crippen molar-refractivity contribution >= 4 is 5.78 Å². The predicted octanol–water partition coefficient (Wildman–Crippen LogP) is 2.30. The third-order valence-corrected chi connectivity index (χ3v) is 1.00. The minimum absolute atomic E-state index is 0.167. The van der Waals surface area contributed by atoms with Crippen LogP contribution < -0.4 is 0 Å². The standard InChI is InChI=1S/C7H8O.C3H6O/c1-6-3-2-4-7(8)5-6;1-3(2)4/h2-5,8H,1H3;1-2H3. The van der Waals surface area contributed by atoms with Gasteiger partial charge in [0.15, 0.2) is 0 Å². The fourth-order valence-corrected chi connectivity index (χ4v) is 0.628. The van der Waals surface area contributed by atoms with Gasteiger partial charge in [-0.3, -0.25) is 0 Å². The average Bonchev–Trinajstić information content (AvgIpc) is 1.84. The first-order valence-corrected chi connectivity index (χ1v) is 3.75. The molecule has 0 aliphatic carbocycles. The van der Waals surface area contributed by atoms with Crippen LogP contribution in [-0.2, 0) is 4.79 Å². The van der Waals surface area contributed by atoms with Crippen molar-refractivity contribution in [2.75, 3.05) is 0 Å². The minimum Gasteiger partial charge on any atom is -0.508 e. The molecule has 1 aromatic carbocycles. The summed E-state index contributed by atoms with van der Waals surface area (Å²) >= 11 is 0. The van der Waals surface area contributed by atoms with Gasteiger partial charge in [-0.05, 0) is 38.5 Å². The van der Waals surface area contributed by atoms with E-state index < -0.39 is 0 Å². The van der Waals surface area contributed by atoms with Crippen molar-refractivity contribution in [3.63, 3.8) is 0 Å². The van der Waals surface area contributed by atoms with Gasteiger partial charge in [-0.2, -0.15) is 0 Å². The highest BCUT2D eigenvalue weighted by Crippen LogP contribution is 2.08. The van der Waals surface area contributed by atoms with Crippen molar-refractivity contribution in [3.8, 4) is 5.75 Å². The second-order valence-electron chi connectivity index (χ2n) is 2.75. The van der Waals surface area contributed by atoms with E-state index in [2.05, 4.69) is 0 Å². The molecule has 0 atom stereocenters. The van der Waals surface area contributed by atoms with Crippen molar-refractivity contribution in [2.45, 2.75) is 20.8 Å². The molecule has 2 nitrogen and oxygen atoms in total. The quantitative estimate of drug-likeness (QED) is 0.642. The minimum atomic E-state index is 0.167. The Kier molecular flexibility index (Phi) is 4.77. The van der Waals surface area contributed by atoms with Crippen LogP contribution in [0.2, 0.25) is 0 Å². The largest absolute Gasteiger partial charge is 0.508 e. The fraction of sp³-hybridized carbons (Fsp3) is 0.300. The Hall–Kier alpha value is -1.31. The van der Waals surface area contributed by atoms with E-state index in [1.54, 1.807) is 12.1 Å². The lowest BCUT2D eigenvalue weighted by molar-refractivity contribution is -0.114. The Labute approximate surface area is 72.9 Å². The van der Waals surface area contributed by atoms with E-state index in [0.29, 0.717) is 5.75 Å². The molecule has 0 radical (unpaired) electrons. The number of carbonyl (C=O) groups is 1. The average molecular weight is 166 g/mol. The fourth-order valence-electron chi connectivity index (χ4n) is 0.628. The highest BCUT2D eigenvalue weighted by Gasteiger charge is 1.83. The van der Waals surface area contributed by atoms with Gasteiger partial charge in [0.25, 0.3) is 0 Å². The monoisotopic (exact) mass is 166 g/mol. The summed E-state index contributed by atoms with van der Waals surface area (Å²) in [6.07, 6.45) is 0. The van der Waals surface area contributed by atoms with E-state index >= 15 is 0 Å². The van der Waals surface area contributed by atoms with Gasteiger partial charge in [0.2, 0.25) is 0 Å². The number of rotatable bonds is 0. The molecule has 1 aromatic rings. The molecule has 0 amide bonds. The molecule has 0 unspecified atom stereocenters. The first-order chi connectivity index (χ1) is 5.52. The number of hydrogen-bond acceptors (Lipinski definition) is 2. The number of phenolic OH excluding ortho intramolecular Hbond substituents is 1. The highest BCUT2D eigenvalue weighted by molar-refractivity contribution is 5.72. The van der Waals surface area contributed by atoms with E-state index in [1.165, 1.54) is 13.8 Å². The first-order valence-electron chi connectivity index (χ1n) is 3.75. The van der Waals surface area contributed by atoms with E-state index in [-0.39, 0.29) is 5.78 Å². The number of benzene rings is 1. The van der Waals surface area contributed by atoms with Gasteiger partial charge in [0.1, 0.15) is 11.5 Å². The van der Waals surface area contributed by atoms with Gasteiger partial charge in [-0.25, -0.2) is 0 Å². The Morgan fingerprint density at radius 1 is 1.33 bits per heavy atom. The van der Waals surface area contributed by atoms with Gasteiger partial charge < -0.3 is 9.90 Å². The second-order valence-corrected chi connectivity index (χ2v) is 2.75. The van der Waals surface area contributed by atoms with Crippen LogP contribution in [0.4, 0.5) is 0 Å². The van der Waals surface area contributed by atoms with Crippen LogP contribution in [0.1, 0.15) is 19.4 Å². The molecule has 0 saturated heterocycles. The number of Topliss-reactive ketones (excluding diaryl/α,β-unsaturated/α-hetero) is 1. The summed E-state index contributed by atoms with van der Waals surface area (Å²) < 4.78 is 0. The summed E-state index contributed by atoms with van der Waals surface area (Å²) in [5.41, 5.74) is 1.09. The lowest BCUT2D eigenvalue weighted by Gasteiger charge is -1.89. The normalized spacial score (nSPS) is 8.25. The number of phenols is 1. The molecule has 0 fully saturated rings. The van der Waals surface area contributed by atoms with Crippen molar-refractivity contribution < 1.29 is 9.90 Å². The van der Waals surface area contributed by atoms with Crippen LogP contribution in [0.3, 0.4) is 0 Å². The summed E-state index contributed by atoms with van der Waals surface area (Å²) in [5, 5.41) is 8.81. The van der Waals surface area contributed by atoms with E-state index in [4.69, 9.17) is 5.11 Å². The maximum Gasteiger partial charge on any atom is 0.126 e. The molecule has 0 saturated carbocycles. The Bertz CT molecular complexity index is 233. The summed E-state index contributed by atoms with van der Waals surface area (Å²) in [4.78, 5) is 9.44. The van der Waals surface area contributed by atoms with E-state index in [0.717, 1.165) is 5.56 Å². The highest BCUT2D eigenvalue weighted by atomic mass is 16.3. The number of hydrogen-bond donors (Lipinski definition) is 1. The van der Waals surface area contributed by atoms with Crippen molar-refractivity contribution in [1.29, 1.82) is 0 Å². The summed E-state index contributed by atoms with van der Waals surface area (Å²) in [5.74, 6) is 0.505. The second kappa shape index (κ2) is 5.35. The van der Waals surface area contributed by atoms with Crippen molar-refractivity contribution in [3.05, 3.63) is 29.8 Å². The molecule has 1 N–H and O–H groups in total. The van der Waals surface area contributed by atoms with Crippen LogP contribution >= 0.6 is 0 Å². The molecule has 12 heavy (non-hydrogen) atoms.